The van der Waals surface area contributed by atoms with Crippen LogP contribution < -0.4 is 21.3 Å². The molecular formula is C32H53FN8O2. The molecule has 2 aromatic rings. The first-order valence-corrected chi connectivity index (χ1v) is 15.4. The molecule has 0 atom stereocenters. The van der Waals surface area contributed by atoms with Crippen LogP contribution in [0.15, 0.2) is 18.2 Å². The molecule has 1 amide bonds. The van der Waals surface area contributed by atoms with Crippen LogP contribution in [-0.4, -0.2) is 94.8 Å². The molecule has 5 N–H and O–H groups in total. The molecule has 1 aromatic carbocycles. The number of rotatable bonds is 8. The van der Waals surface area contributed by atoms with Crippen LogP contribution in [0.3, 0.4) is 0 Å². The second kappa shape index (κ2) is 14.6. The van der Waals surface area contributed by atoms with E-state index in [1.807, 2.05) is 19.9 Å². The summed E-state index contributed by atoms with van der Waals surface area (Å²) in [4.78, 5) is 29.4. The third kappa shape index (κ3) is 8.33. The fourth-order valence-corrected chi connectivity index (χ4v) is 6.55. The van der Waals surface area contributed by atoms with E-state index in [0.717, 1.165) is 57.5 Å². The van der Waals surface area contributed by atoms with Crippen molar-refractivity contribution in [2.24, 2.45) is 5.73 Å². The van der Waals surface area contributed by atoms with Crippen LogP contribution in [-0.2, 0) is 6.42 Å². The average molecular weight is 601 g/mol. The molecule has 240 valence electrons. The zero-order valence-electron chi connectivity index (χ0n) is 25.7. The fourth-order valence-electron chi connectivity index (χ4n) is 6.55. The molecule has 10 nitrogen and oxygen atoms in total. The number of primary amides is 1. The van der Waals surface area contributed by atoms with Crippen LogP contribution in [0, 0.1) is 6.92 Å². The maximum atomic E-state index is 12.4. The molecule has 1 aromatic heterocycles. The van der Waals surface area contributed by atoms with E-state index in [1.54, 1.807) is 0 Å². The van der Waals surface area contributed by atoms with E-state index >= 15 is 0 Å². The van der Waals surface area contributed by atoms with Crippen molar-refractivity contribution < 1.29 is 14.6 Å². The number of hydrogen-bond acceptors (Lipinski definition) is 9. The largest absolute Gasteiger partial charge is 0.390 e. The van der Waals surface area contributed by atoms with E-state index in [-0.39, 0.29) is 23.9 Å². The van der Waals surface area contributed by atoms with Crippen molar-refractivity contribution in [2.45, 2.75) is 90.8 Å². The van der Waals surface area contributed by atoms with Gasteiger partial charge in [0.2, 0.25) is 0 Å². The van der Waals surface area contributed by atoms with Crippen molar-refractivity contribution in [3.05, 3.63) is 35.2 Å². The molecule has 5 rings (SSSR count). The molecule has 1 saturated carbocycles. The lowest BCUT2D eigenvalue weighted by atomic mass is 9.83. The zero-order chi connectivity index (χ0) is 29.1. The van der Waals surface area contributed by atoms with E-state index in [1.165, 1.54) is 37.2 Å². The summed E-state index contributed by atoms with van der Waals surface area (Å²) in [5.41, 5.74) is 9.27. The number of halogens is 1. The van der Waals surface area contributed by atoms with Crippen LogP contribution in [0.2, 0.25) is 0 Å². The number of piperazine rings is 1. The number of aliphatic hydroxyl groups is 1. The minimum Gasteiger partial charge on any atom is -0.390 e. The van der Waals surface area contributed by atoms with Gasteiger partial charge >= 0.3 is 0 Å². The van der Waals surface area contributed by atoms with Crippen molar-refractivity contribution in [3.63, 3.8) is 0 Å². The highest BCUT2D eigenvalue weighted by Crippen LogP contribution is 2.32. The van der Waals surface area contributed by atoms with E-state index in [9.17, 15) is 9.90 Å². The van der Waals surface area contributed by atoms with Gasteiger partial charge in [0.15, 0.2) is 11.5 Å². The summed E-state index contributed by atoms with van der Waals surface area (Å²) < 4.78 is 0. The van der Waals surface area contributed by atoms with Crippen LogP contribution in [0.1, 0.15) is 81.5 Å². The number of anilines is 4. The molecule has 0 bridgehead atoms. The van der Waals surface area contributed by atoms with Gasteiger partial charge in [-0.15, -0.1) is 0 Å². The summed E-state index contributed by atoms with van der Waals surface area (Å²) in [7, 11) is 2.21. The first-order valence-electron chi connectivity index (χ1n) is 15.4. The molecule has 43 heavy (non-hydrogen) atoms. The second-order valence-electron chi connectivity index (χ2n) is 12.5. The molecular weight excluding hydrogens is 547 g/mol. The maximum Gasteiger partial charge on any atom is 0.271 e. The van der Waals surface area contributed by atoms with Gasteiger partial charge in [0.1, 0.15) is 5.82 Å². The minimum atomic E-state index is -0.607. The van der Waals surface area contributed by atoms with E-state index in [2.05, 4.69) is 56.4 Å². The van der Waals surface area contributed by atoms with Gasteiger partial charge in [-0.1, -0.05) is 14.4 Å². The molecule has 1 aliphatic carbocycles. The molecule has 3 fully saturated rings. The van der Waals surface area contributed by atoms with E-state index < -0.39 is 11.5 Å². The molecule has 2 aliphatic heterocycles. The average Bonchev–Trinajstić information content (AvgIpc) is 2.95. The Morgan fingerprint density at radius 2 is 1.70 bits per heavy atom. The number of benzene rings is 1. The van der Waals surface area contributed by atoms with Crippen LogP contribution in [0.4, 0.5) is 27.7 Å². The van der Waals surface area contributed by atoms with Gasteiger partial charge in [-0.2, -0.15) is 0 Å². The van der Waals surface area contributed by atoms with Gasteiger partial charge in [-0.25, -0.2) is 9.97 Å². The van der Waals surface area contributed by atoms with E-state index in [4.69, 9.17) is 10.7 Å². The number of likely N-dealkylation sites (N-methyl/N-ethyl adjacent to an activating group) is 1. The number of carbonyl (C=O) groups is 1. The van der Waals surface area contributed by atoms with Crippen molar-refractivity contribution in [3.8, 4) is 0 Å². The zero-order valence-corrected chi connectivity index (χ0v) is 25.7. The standard InChI is InChI=1S/C31H48N8O2.CH4.FH/c1-5-25-29(33-22-8-12-31(3,41)13-9-22)36-30(27(35-25)28(32)40)34-23-6-7-26(21(2)20-23)39-14-10-24(11-15-39)38-18-16-37(4)17-19-38;;/h6-7,20,22,24,41H,5,8-19H2,1-4H3,(H2,32,40)(H2,33,34,36);1H4;1H. The van der Waals surface area contributed by atoms with Crippen molar-refractivity contribution in [1.82, 2.24) is 19.8 Å². The van der Waals surface area contributed by atoms with E-state index in [0.29, 0.717) is 29.8 Å². The quantitative estimate of drug-likeness (QED) is 0.351. The normalized spacial score (nSPS) is 23.7. The molecule has 0 unspecified atom stereocenters. The monoisotopic (exact) mass is 600 g/mol. The lowest BCUT2D eigenvalue weighted by Gasteiger charge is -2.43. The Morgan fingerprint density at radius 1 is 1.05 bits per heavy atom. The Balaban J connectivity index is 0.00000253. The third-order valence-corrected chi connectivity index (χ3v) is 9.26. The lowest BCUT2D eigenvalue weighted by molar-refractivity contribution is 0.0196. The summed E-state index contributed by atoms with van der Waals surface area (Å²) in [5.74, 6) is 0.426. The highest BCUT2D eigenvalue weighted by Gasteiger charge is 2.30. The van der Waals surface area contributed by atoms with Gasteiger partial charge in [-0.3, -0.25) is 14.4 Å². The SMILES string of the molecule is C.CCc1nc(C(N)=O)c(Nc2ccc(N3CCC(N4CCN(C)CC4)CC3)c(C)c2)nc1NC1CCC(C)(O)CC1.F. The summed E-state index contributed by atoms with van der Waals surface area (Å²) in [6.07, 6.45) is 6.19. The number of piperidine rings is 1. The van der Waals surface area contributed by atoms with Gasteiger partial charge in [0, 0.05) is 62.7 Å². The first-order chi connectivity index (χ1) is 19.6. The Labute approximate surface area is 256 Å². The van der Waals surface area contributed by atoms with Gasteiger partial charge in [0.25, 0.3) is 5.91 Å². The molecule has 3 aliphatic rings. The summed E-state index contributed by atoms with van der Waals surface area (Å²) >= 11 is 0. The Hall–Kier alpha value is -3.02. The number of nitrogens with one attached hydrogen (secondary N) is 2. The number of carbonyl (C=O) groups excluding carboxylic acids is 1. The smallest absolute Gasteiger partial charge is 0.271 e. The molecule has 11 heteroatoms. The number of aryl methyl sites for hydroxylation is 2. The summed E-state index contributed by atoms with van der Waals surface area (Å²) in [5, 5.41) is 17.2. The fraction of sp³-hybridized carbons (Fsp3) is 0.656. The number of nitrogens with two attached hydrogens (primary N) is 1. The second-order valence-corrected chi connectivity index (χ2v) is 12.5. The highest BCUT2D eigenvalue weighted by molar-refractivity contribution is 5.96. The van der Waals surface area contributed by atoms with Crippen LogP contribution in [0.5, 0.6) is 0 Å². The third-order valence-electron chi connectivity index (χ3n) is 9.26. The Kier molecular flexibility index (Phi) is 11.7. The molecule has 0 radical (unpaired) electrons. The highest BCUT2D eigenvalue weighted by atomic mass is 19.0. The van der Waals surface area contributed by atoms with Gasteiger partial charge < -0.3 is 31.3 Å². The summed E-state index contributed by atoms with van der Waals surface area (Å²) in [6, 6.07) is 7.20. The maximum absolute atomic E-state index is 12.4. The van der Waals surface area contributed by atoms with Crippen LogP contribution >= 0.6 is 0 Å². The minimum absolute atomic E-state index is 0. The lowest BCUT2D eigenvalue weighted by Crippen LogP contribution is -2.52. The van der Waals surface area contributed by atoms with Crippen molar-refractivity contribution >= 4 is 28.9 Å². The Morgan fingerprint density at radius 3 is 2.28 bits per heavy atom. The predicted molar refractivity (Wildman–Crippen MR) is 174 cm³/mol. The number of aromatic nitrogens is 2. The van der Waals surface area contributed by atoms with Gasteiger partial charge in [-0.05, 0) is 89.6 Å². The van der Waals surface area contributed by atoms with Crippen molar-refractivity contribution in [1.29, 1.82) is 0 Å². The van der Waals surface area contributed by atoms with Gasteiger partial charge in [0.05, 0.1) is 11.3 Å². The predicted octanol–water partition coefficient (Wildman–Crippen LogP) is 4.30. The topological polar surface area (TPSA) is 123 Å². The molecule has 3 heterocycles. The van der Waals surface area contributed by atoms with Crippen LogP contribution in [0.25, 0.3) is 0 Å². The number of amides is 1. The number of nitrogens with zero attached hydrogens (tertiary/aromatic N) is 5. The Bertz CT molecular complexity index is 1220. The molecule has 2 saturated heterocycles. The first kappa shape index (κ1) is 34.5. The van der Waals surface area contributed by atoms with Crippen molar-refractivity contribution in [2.75, 3.05) is 61.8 Å². The number of hydrogen-bond donors (Lipinski definition) is 4. The molecule has 0 spiro atoms. The summed E-state index contributed by atoms with van der Waals surface area (Å²) in [6.45, 7) is 12.8.